The number of hydrogen-bond donors (Lipinski definition) is 1. The number of alkyl halides is 3. The summed E-state index contributed by atoms with van der Waals surface area (Å²) in [5.41, 5.74) is -0.630. The zero-order valence-corrected chi connectivity index (χ0v) is 16.2. The van der Waals surface area contributed by atoms with Crippen LogP contribution < -0.4 is 9.46 Å². The highest BCUT2D eigenvalue weighted by atomic mass is 32.2. The molecule has 1 N–H and O–H groups in total. The van der Waals surface area contributed by atoms with Crippen LogP contribution >= 0.6 is 0 Å². The van der Waals surface area contributed by atoms with Crippen LogP contribution in [0.3, 0.4) is 0 Å². The van der Waals surface area contributed by atoms with Gasteiger partial charge >= 0.3 is 11.9 Å². The number of nitro groups is 1. The van der Waals surface area contributed by atoms with Gasteiger partial charge < -0.3 is 9.47 Å². The molecule has 2 aliphatic rings. The highest BCUT2D eigenvalue weighted by molar-refractivity contribution is 7.89. The molecular formula is C17H21F3N2O6S. The van der Waals surface area contributed by atoms with Crippen molar-refractivity contribution in [1.29, 1.82) is 0 Å². The minimum Gasteiger partial charge on any atom is -0.486 e. The smallest absolute Gasteiger partial charge is 0.402 e. The lowest BCUT2D eigenvalue weighted by Crippen LogP contribution is -2.33. The Morgan fingerprint density at radius 3 is 2.62 bits per heavy atom. The average molecular weight is 438 g/mol. The highest BCUT2D eigenvalue weighted by Gasteiger charge is 2.35. The van der Waals surface area contributed by atoms with Crippen molar-refractivity contribution in [2.45, 2.75) is 42.9 Å². The predicted octanol–water partition coefficient (Wildman–Crippen LogP) is 3.02. The summed E-state index contributed by atoms with van der Waals surface area (Å²) in [6, 6.07) is 2.75. The van der Waals surface area contributed by atoms with Crippen molar-refractivity contribution >= 4 is 15.7 Å². The van der Waals surface area contributed by atoms with Gasteiger partial charge in [0.1, 0.15) is 6.54 Å². The van der Waals surface area contributed by atoms with Gasteiger partial charge in [-0.1, -0.05) is 6.42 Å². The highest BCUT2D eigenvalue weighted by Crippen LogP contribution is 2.38. The second kappa shape index (κ2) is 8.44. The molecule has 0 spiro atoms. The maximum Gasteiger partial charge on any atom is 0.402 e. The number of halogens is 3. The molecule has 162 valence electrons. The molecule has 29 heavy (non-hydrogen) atoms. The molecule has 2 fully saturated rings. The minimum atomic E-state index is -4.75. The van der Waals surface area contributed by atoms with E-state index in [4.69, 9.17) is 9.47 Å². The van der Waals surface area contributed by atoms with Crippen molar-refractivity contribution in [3.63, 3.8) is 0 Å². The Balaban J connectivity index is 1.66. The summed E-state index contributed by atoms with van der Waals surface area (Å²) in [6.07, 6.45) is -0.288. The lowest BCUT2D eigenvalue weighted by Gasteiger charge is -2.30. The number of sulfonamides is 1. The van der Waals surface area contributed by atoms with E-state index in [9.17, 15) is 31.7 Å². The van der Waals surface area contributed by atoms with E-state index in [1.54, 1.807) is 0 Å². The molecular weight excluding hydrogens is 417 g/mol. The van der Waals surface area contributed by atoms with E-state index >= 15 is 0 Å². The molecule has 1 heterocycles. The molecule has 0 radical (unpaired) electrons. The van der Waals surface area contributed by atoms with E-state index in [0.29, 0.717) is 18.6 Å². The second-order valence-electron chi connectivity index (χ2n) is 7.30. The Bertz CT molecular complexity index is 857. The summed E-state index contributed by atoms with van der Waals surface area (Å²) >= 11 is 0. The van der Waals surface area contributed by atoms with Crippen molar-refractivity contribution in [3.05, 3.63) is 28.3 Å². The number of nitrogens with one attached hydrogen (secondary N) is 1. The Kier molecular flexibility index (Phi) is 6.34. The third-order valence-corrected chi connectivity index (χ3v) is 6.56. The van der Waals surface area contributed by atoms with Crippen LogP contribution in [0.25, 0.3) is 0 Å². The van der Waals surface area contributed by atoms with Crippen LogP contribution in [0.1, 0.15) is 25.7 Å². The largest absolute Gasteiger partial charge is 0.486 e. The standard InChI is InChI=1S/C17H21F3N2O6S/c18-17(19,20)10-21-29(25,26)13-4-5-15(14(7-13)22(23)24)27-8-11-6-16(28-9-11)12-2-1-3-12/h4-5,7,11-12,16,21H,1-3,6,8-10H2. The molecule has 1 saturated carbocycles. The second-order valence-corrected chi connectivity index (χ2v) is 9.07. The lowest BCUT2D eigenvalue weighted by molar-refractivity contribution is -0.386. The van der Waals surface area contributed by atoms with Gasteiger partial charge in [-0.3, -0.25) is 10.1 Å². The summed E-state index contributed by atoms with van der Waals surface area (Å²) < 4.78 is 73.4. The van der Waals surface area contributed by atoms with Crippen molar-refractivity contribution in [2.75, 3.05) is 19.8 Å². The number of nitro benzene ring substituents is 1. The number of hydrogen-bond acceptors (Lipinski definition) is 6. The molecule has 2 unspecified atom stereocenters. The maximum atomic E-state index is 12.3. The third-order valence-electron chi connectivity index (χ3n) is 5.16. The van der Waals surface area contributed by atoms with E-state index in [1.165, 1.54) is 11.1 Å². The number of benzene rings is 1. The first-order valence-electron chi connectivity index (χ1n) is 9.14. The van der Waals surface area contributed by atoms with E-state index in [-0.39, 0.29) is 24.4 Å². The van der Waals surface area contributed by atoms with Crippen LogP contribution in [-0.4, -0.2) is 45.4 Å². The van der Waals surface area contributed by atoms with Gasteiger partial charge in [0.25, 0.3) is 0 Å². The Labute approximate surface area is 165 Å². The summed E-state index contributed by atoms with van der Waals surface area (Å²) in [6.45, 7) is -1.11. The average Bonchev–Trinajstić information content (AvgIpc) is 3.04. The summed E-state index contributed by atoms with van der Waals surface area (Å²) in [4.78, 5) is 9.83. The summed E-state index contributed by atoms with van der Waals surface area (Å²) in [5, 5.41) is 11.3. The van der Waals surface area contributed by atoms with Gasteiger partial charge in [-0.15, -0.1) is 0 Å². The molecule has 0 aromatic heterocycles. The molecule has 1 saturated heterocycles. The number of rotatable bonds is 8. The predicted molar refractivity (Wildman–Crippen MR) is 95.0 cm³/mol. The van der Waals surface area contributed by atoms with Crippen LogP contribution in [0.2, 0.25) is 0 Å². The molecule has 1 aliphatic heterocycles. The van der Waals surface area contributed by atoms with Gasteiger partial charge in [0.2, 0.25) is 10.0 Å². The molecule has 3 rings (SSSR count). The van der Waals surface area contributed by atoms with Gasteiger partial charge in [0, 0.05) is 12.0 Å². The topological polar surface area (TPSA) is 108 Å². The number of ether oxygens (including phenoxy) is 2. The van der Waals surface area contributed by atoms with Crippen molar-refractivity contribution in [1.82, 2.24) is 4.72 Å². The molecule has 0 bridgehead atoms. The fraction of sp³-hybridized carbons (Fsp3) is 0.647. The van der Waals surface area contributed by atoms with Crippen LogP contribution in [0.5, 0.6) is 5.75 Å². The van der Waals surface area contributed by atoms with Gasteiger partial charge in [-0.05, 0) is 37.3 Å². The molecule has 1 aliphatic carbocycles. The van der Waals surface area contributed by atoms with Gasteiger partial charge in [0.05, 0.1) is 29.1 Å². The Hall–Kier alpha value is -1.92. The van der Waals surface area contributed by atoms with Gasteiger partial charge in [0.15, 0.2) is 5.75 Å². The van der Waals surface area contributed by atoms with Gasteiger partial charge in [-0.25, -0.2) is 13.1 Å². The Morgan fingerprint density at radius 1 is 1.31 bits per heavy atom. The number of nitrogens with zero attached hydrogens (tertiary/aromatic N) is 1. The van der Waals surface area contributed by atoms with Crippen LogP contribution in [0.15, 0.2) is 23.1 Å². The SMILES string of the molecule is O=[N+]([O-])c1cc(S(=O)(=O)NCC(F)(F)F)ccc1OCC1COC(C2CCC2)C1. The van der Waals surface area contributed by atoms with Crippen LogP contribution in [0, 0.1) is 22.0 Å². The molecule has 8 nitrogen and oxygen atoms in total. The summed E-state index contributed by atoms with van der Waals surface area (Å²) in [5.74, 6) is 0.483. The summed E-state index contributed by atoms with van der Waals surface area (Å²) in [7, 11) is -4.56. The zero-order valence-electron chi connectivity index (χ0n) is 15.4. The minimum absolute atomic E-state index is 0.0667. The van der Waals surface area contributed by atoms with E-state index < -0.39 is 38.3 Å². The zero-order chi connectivity index (χ0) is 21.2. The Morgan fingerprint density at radius 2 is 2.03 bits per heavy atom. The lowest BCUT2D eigenvalue weighted by atomic mass is 9.79. The van der Waals surface area contributed by atoms with Crippen molar-refractivity contribution < 1.29 is 36.0 Å². The molecule has 1 aromatic carbocycles. The fourth-order valence-corrected chi connectivity index (χ4v) is 4.41. The van der Waals surface area contributed by atoms with E-state index in [2.05, 4.69) is 0 Å². The fourth-order valence-electron chi connectivity index (χ4n) is 3.38. The molecule has 2 atom stereocenters. The van der Waals surface area contributed by atoms with Crippen molar-refractivity contribution in [2.24, 2.45) is 11.8 Å². The monoisotopic (exact) mass is 438 g/mol. The van der Waals surface area contributed by atoms with Crippen LogP contribution in [0.4, 0.5) is 18.9 Å². The normalized spacial score (nSPS) is 23.0. The van der Waals surface area contributed by atoms with Gasteiger partial charge in [-0.2, -0.15) is 13.2 Å². The van der Waals surface area contributed by atoms with E-state index in [1.807, 2.05) is 0 Å². The quantitative estimate of drug-likeness (QED) is 0.494. The first-order chi connectivity index (χ1) is 13.5. The maximum absolute atomic E-state index is 12.3. The molecule has 12 heteroatoms. The molecule has 0 amide bonds. The first kappa shape index (κ1) is 21.8. The third kappa shape index (κ3) is 5.58. The van der Waals surface area contributed by atoms with E-state index in [0.717, 1.165) is 31.4 Å². The van der Waals surface area contributed by atoms with Crippen LogP contribution in [-0.2, 0) is 14.8 Å². The first-order valence-corrected chi connectivity index (χ1v) is 10.6. The molecule has 1 aromatic rings. The van der Waals surface area contributed by atoms with Crippen molar-refractivity contribution in [3.8, 4) is 5.75 Å².